The number of hydrogen-bond donors (Lipinski definition) is 1. The molecule has 1 aliphatic rings. The molecule has 1 aromatic rings. The number of nitrogens with zero attached hydrogens (tertiary/aromatic N) is 2. The highest BCUT2D eigenvalue weighted by Gasteiger charge is 2.22. The zero-order valence-electron chi connectivity index (χ0n) is 13.0. The zero-order chi connectivity index (χ0) is 14.5. The SMILES string of the molecule is CCN1CCC[C@@H]1CNC(=O)CCn1c(C)ccc1C. The third kappa shape index (κ3) is 3.63. The summed E-state index contributed by atoms with van der Waals surface area (Å²) in [6.07, 6.45) is 3.04. The second-order valence-electron chi connectivity index (χ2n) is 5.75. The molecule has 1 aromatic heterocycles. The number of aryl methyl sites for hydroxylation is 2. The van der Waals surface area contributed by atoms with Gasteiger partial charge in [0.2, 0.25) is 5.91 Å². The van der Waals surface area contributed by atoms with E-state index in [9.17, 15) is 4.79 Å². The van der Waals surface area contributed by atoms with Crippen LogP contribution in [0.25, 0.3) is 0 Å². The van der Waals surface area contributed by atoms with Gasteiger partial charge in [-0.3, -0.25) is 9.69 Å². The van der Waals surface area contributed by atoms with Crippen molar-refractivity contribution in [1.82, 2.24) is 14.8 Å². The number of carbonyl (C=O) groups excluding carboxylic acids is 1. The topological polar surface area (TPSA) is 37.3 Å². The summed E-state index contributed by atoms with van der Waals surface area (Å²) < 4.78 is 2.20. The summed E-state index contributed by atoms with van der Waals surface area (Å²) in [6.45, 7) is 10.2. The first-order chi connectivity index (χ1) is 9.61. The molecule has 2 heterocycles. The first-order valence-electron chi connectivity index (χ1n) is 7.75. The molecule has 4 nitrogen and oxygen atoms in total. The molecule has 0 unspecified atom stereocenters. The van der Waals surface area contributed by atoms with E-state index in [0.29, 0.717) is 12.5 Å². The highest BCUT2D eigenvalue weighted by Crippen LogP contribution is 2.15. The smallest absolute Gasteiger partial charge is 0.221 e. The fraction of sp³-hybridized carbons (Fsp3) is 0.688. The Morgan fingerprint density at radius 3 is 2.70 bits per heavy atom. The van der Waals surface area contributed by atoms with Crippen LogP contribution in [0, 0.1) is 13.8 Å². The highest BCUT2D eigenvalue weighted by atomic mass is 16.1. The molecule has 1 atom stereocenters. The van der Waals surface area contributed by atoms with Gasteiger partial charge in [0, 0.05) is 36.9 Å². The van der Waals surface area contributed by atoms with Gasteiger partial charge in [-0.05, 0) is 51.9 Å². The summed E-state index contributed by atoms with van der Waals surface area (Å²) in [4.78, 5) is 14.4. The predicted molar refractivity (Wildman–Crippen MR) is 81.8 cm³/mol. The van der Waals surface area contributed by atoms with Gasteiger partial charge in [0.1, 0.15) is 0 Å². The standard InChI is InChI=1S/C16H27N3O/c1-4-18-10-5-6-15(18)12-17-16(20)9-11-19-13(2)7-8-14(19)3/h7-8,15H,4-6,9-12H2,1-3H3,(H,17,20)/t15-/m1/s1. The van der Waals surface area contributed by atoms with Crippen LogP contribution >= 0.6 is 0 Å². The van der Waals surface area contributed by atoms with Gasteiger partial charge in [-0.2, -0.15) is 0 Å². The van der Waals surface area contributed by atoms with E-state index in [4.69, 9.17) is 0 Å². The van der Waals surface area contributed by atoms with E-state index in [-0.39, 0.29) is 5.91 Å². The maximum Gasteiger partial charge on any atom is 0.221 e. The maximum absolute atomic E-state index is 12.0. The van der Waals surface area contributed by atoms with Crippen molar-refractivity contribution >= 4 is 5.91 Å². The molecule has 4 heteroatoms. The lowest BCUT2D eigenvalue weighted by molar-refractivity contribution is -0.121. The second-order valence-corrected chi connectivity index (χ2v) is 5.75. The number of likely N-dealkylation sites (N-methyl/N-ethyl adjacent to an activating group) is 1. The molecule has 1 N–H and O–H groups in total. The molecule has 0 aromatic carbocycles. The minimum Gasteiger partial charge on any atom is -0.354 e. The van der Waals surface area contributed by atoms with E-state index in [2.05, 4.69) is 47.7 Å². The molecule has 2 rings (SSSR count). The van der Waals surface area contributed by atoms with Crippen molar-refractivity contribution in [2.75, 3.05) is 19.6 Å². The molecule has 1 saturated heterocycles. The second kappa shape index (κ2) is 6.93. The van der Waals surface area contributed by atoms with Crippen molar-refractivity contribution in [2.24, 2.45) is 0 Å². The lowest BCUT2D eigenvalue weighted by Crippen LogP contribution is -2.40. The molecule has 1 aliphatic heterocycles. The first kappa shape index (κ1) is 15.1. The largest absolute Gasteiger partial charge is 0.354 e. The quantitative estimate of drug-likeness (QED) is 0.864. The number of nitrogens with one attached hydrogen (secondary N) is 1. The van der Waals surface area contributed by atoms with Crippen molar-refractivity contribution in [2.45, 2.75) is 52.6 Å². The van der Waals surface area contributed by atoms with Crippen LogP contribution in [0.2, 0.25) is 0 Å². The molecule has 0 bridgehead atoms. The van der Waals surface area contributed by atoms with E-state index in [1.165, 1.54) is 30.8 Å². The third-order valence-electron chi connectivity index (χ3n) is 4.42. The first-order valence-corrected chi connectivity index (χ1v) is 7.75. The Morgan fingerprint density at radius 1 is 1.35 bits per heavy atom. The van der Waals surface area contributed by atoms with E-state index in [1.54, 1.807) is 0 Å². The summed E-state index contributed by atoms with van der Waals surface area (Å²) in [5.74, 6) is 0.167. The maximum atomic E-state index is 12.0. The van der Waals surface area contributed by atoms with Crippen molar-refractivity contribution in [3.05, 3.63) is 23.5 Å². The van der Waals surface area contributed by atoms with E-state index >= 15 is 0 Å². The van der Waals surface area contributed by atoms with Gasteiger partial charge < -0.3 is 9.88 Å². The van der Waals surface area contributed by atoms with Crippen LogP contribution in [0.15, 0.2) is 12.1 Å². The van der Waals surface area contributed by atoms with Crippen molar-refractivity contribution < 1.29 is 4.79 Å². The Hall–Kier alpha value is -1.29. The average molecular weight is 277 g/mol. The van der Waals surface area contributed by atoms with Crippen LogP contribution in [0.5, 0.6) is 0 Å². The van der Waals surface area contributed by atoms with E-state index in [0.717, 1.165) is 19.6 Å². The summed E-state index contributed by atoms with van der Waals surface area (Å²) in [5.41, 5.74) is 2.45. The Kier molecular flexibility index (Phi) is 5.24. The molecule has 0 radical (unpaired) electrons. The summed E-state index contributed by atoms with van der Waals surface area (Å²) in [5, 5.41) is 3.10. The van der Waals surface area contributed by atoms with Gasteiger partial charge >= 0.3 is 0 Å². The molecule has 0 spiro atoms. The number of amides is 1. The molecule has 1 amide bonds. The Bertz CT molecular complexity index is 433. The van der Waals surface area contributed by atoms with Crippen LogP contribution in [-0.4, -0.2) is 41.1 Å². The highest BCUT2D eigenvalue weighted by molar-refractivity contribution is 5.75. The summed E-state index contributed by atoms with van der Waals surface area (Å²) in [7, 11) is 0. The van der Waals surface area contributed by atoms with Crippen LogP contribution in [-0.2, 0) is 11.3 Å². The number of rotatable bonds is 6. The molecule has 112 valence electrons. The van der Waals surface area contributed by atoms with Crippen LogP contribution in [0.3, 0.4) is 0 Å². The van der Waals surface area contributed by atoms with Crippen LogP contribution in [0.4, 0.5) is 0 Å². The zero-order valence-corrected chi connectivity index (χ0v) is 13.0. The van der Waals surface area contributed by atoms with Gasteiger partial charge in [0.15, 0.2) is 0 Å². The molecule has 0 aliphatic carbocycles. The lowest BCUT2D eigenvalue weighted by atomic mass is 10.2. The van der Waals surface area contributed by atoms with Gasteiger partial charge in [-0.15, -0.1) is 0 Å². The molecular formula is C16H27N3O. The van der Waals surface area contributed by atoms with Crippen molar-refractivity contribution in [3.63, 3.8) is 0 Å². The Balaban J connectivity index is 1.73. The van der Waals surface area contributed by atoms with E-state index in [1.807, 2.05) is 0 Å². The lowest BCUT2D eigenvalue weighted by Gasteiger charge is -2.23. The number of likely N-dealkylation sites (tertiary alicyclic amines) is 1. The molecule has 0 saturated carbocycles. The minimum atomic E-state index is 0.167. The van der Waals surface area contributed by atoms with E-state index < -0.39 is 0 Å². The Labute approximate surface area is 122 Å². The fourth-order valence-corrected chi connectivity index (χ4v) is 3.13. The van der Waals surface area contributed by atoms with Crippen LogP contribution in [0.1, 0.15) is 37.6 Å². The van der Waals surface area contributed by atoms with Crippen molar-refractivity contribution in [3.8, 4) is 0 Å². The summed E-state index contributed by atoms with van der Waals surface area (Å²) in [6, 6.07) is 4.74. The van der Waals surface area contributed by atoms with Gasteiger partial charge in [-0.1, -0.05) is 6.92 Å². The van der Waals surface area contributed by atoms with Gasteiger partial charge in [0.05, 0.1) is 0 Å². The predicted octanol–water partition coefficient (Wildman–Crippen LogP) is 2.10. The minimum absolute atomic E-state index is 0.167. The van der Waals surface area contributed by atoms with Gasteiger partial charge in [-0.25, -0.2) is 0 Å². The number of hydrogen-bond acceptors (Lipinski definition) is 2. The van der Waals surface area contributed by atoms with Gasteiger partial charge in [0.25, 0.3) is 0 Å². The fourth-order valence-electron chi connectivity index (χ4n) is 3.13. The normalized spacial score (nSPS) is 19.4. The average Bonchev–Trinajstić information content (AvgIpc) is 3.01. The number of aromatic nitrogens is 1. The monoisotopic (exact) mass is 277 g/mol. The molecule has 1 fully saturated rings. The summed E-state index contributed by atoms with van der Waals surface area (Å²) >= 11 is 0. The van der Waals surface area contributed by atoms with Crippen LogP contribution < -0.4 is 5.32 Å². The third-order valence-corrected chi connectivity index (χ3v) is 4.42. The molecular weight excluding hydrogens is 250 g/mol. The molecule has 20 heavy (non-hydrogen) atoms. The Morgan fingerprint density at radius 2 is 2.05 bits per heavy atom. The van der Waals surface area contributed by atoms with Crippen molar-refractivity contribution in [1.29, 1.82) is 0 Å². The number of carbonyl (C=O) groups is 1.